The third-order valence-corrected chi connectivity index (χ3v) is 4.92. The second-order valence-electron chi connectivity index (χ2n) is 5.78. The molecule has 0 amide bonds. The lowest BCUT2D eigenvalue weighted by Gasteiger charge is -2.32. The Morgan fingerprint density at radius 1 is 1.47 bits per heavy atom. The van der Waals surface area contributed by atoms with Crippen LogP contribution >= 0.6 is 27.3 Å². The highest BCUT2D eigenvalue weighted by molar-refractivity contribution is 9.10. The van der Waals surface area contributed by atoms with Crippen LogP contribution in [-0.4, -0.2) is 25.0 Å². The van der Waals surface area contributed by atoms with Gasteiger partial charge >= 0.3 is 0 Å². The first-order valence-corrected chi connectivity index (χ1v) is 7.51. The molecule has 0 spiro atoms. The van der Waals surface area contributed by atoms with Crippen LogP contribution in [0.5, 0.6) is 0 Å². The van der Waals surface area contributed by atoms with E-state index < -0.39 is 0 Å². The molecule has 1 aromatic rings. The van der Waals surface area contributed by atoms with Crippen LogP contribution in [0.1, 0.15) is 36.6 Å². The first-order chi connectivity index (χ1) is 7.74. The molecule has 17 heavy (non-hydrogen) atoms. The minimum Gasteiger partial charge on any atom is -0.329 e. The second kappa shape index (κ2) is 5.83. The second-order valence-corrected chi connectivity index (χ2v) is 7.92. The number of thiophene rings is 1. The molecule has 0 saturated heterocycles. The normalized spacial score (nSPS) is 14.4. The molecule has 0 fully saturated rings. The minimum atomic E-state index is 0.297. The first kappa shape index (κ1) is 15.2. The van der Waals surface area contributed by atoms with Crippen molar-refractivity contribution in [3.05, 3.63) is 20.3 Å². The fourth-order valence-electron chi connectivity index (χ4n) is 2.02. The van der Waals surface area contributed by atoms with Crippen LogP contribution in [0.15, 0.2) is 10.5 Å². The Balaban J connectivity index is 2.84. The molecule has 1 heterocycles. The van der Waals surface area contributed by atoms with Gasteiger partial charge in [-0.1, -0.05) is 20.8 Å². The van der Waals surface area contributed by atoms with Gasteiger partial charge in [0.1, 0.15) is 0 Å². The average molecular weight is 319 g/mol. The number of likely N-dealkylation sites (N-methyl/N-ethyl adjacent to an activating group) is 1. The summed E-state index contributed by atoms with van der Waals surface area (Å²) in [6, 6.07) is 2.53. The number of nitrogens with two attached hydrogens (primary N) is 1. The van der Waals surface area contributed by atoms with E-state index in [0.717, 1.165) is 6.54 Å². The zero-order chi connectivity index (χ0) is 13.2. The third-order valence-electron chi connectivity index (χ3n) is 2.68. The Morgan fingerprint density at radius 3 is 2.41 bits per heavy atom. The predicted molar refractivity (Wildman–Crippen MR) is 80.6 cm³/mol. The monoisotopic (exact) mass is 318 g/mol. The summed E-state index contributed by atoms with van der Waals surface area (Å²) in [7, 11) is 2.16. The molecular formula is C13H23BrN2S. The van der Waals surface area contributed by atoms with Gasteiger partial charge in [-0.25, -0.2) is 0 Å². The average Bonchev–Trinajstić information content (AvgIpc) is 2.44. The van der Waals surface area contributed by atoms with Crippen molar-refractivity contribution in [1.82, 2.24) is 4.90 Å². The van der Waals surface area contributed by atoms with Crippen LogP contribution in [0, 0.1) is 12.3 Å². The molecule has 1 atom stereocenters. The van der Waals surface area contributed by atoms with Crippen LogP contribution in [0.25, 0.3) is 0 Å². The van der Waals surface area contributed by atoms with E-state index in [0.29, 0.717) is 18.0 Å². The van der Waals surface area contributed by atoms with Crippen molar-refractivity contribution >= 4 is 27.3 Å². The van der Waals surface area contributed by atoms with E-state index in [1.165, 1.54) is 14.2 Å². The predicted octanol–water partition coefficient (Wildman–Crippen LogP) is 3.80. The quantitative estimate of drug-likeness (QED) is 0.915. The smallest absolute Gasteiger partial charge is 0.0562 e. The van der Waals surface area contributed by atoms with Gasteiger partial charge in [0.15, 0.2) is 0 Å². The third kappa shape index (κ3) is 4.36. The van der Waals surface area contributed by atoms with Crippen molar-refractivity contribution in [2.24, 2.45) is 11.1 Å². The summed E-state index contributed by atoms with van der Waals surface area (Å²) in [5.74, 6) is 0. The highest BCUT2D eigenvalue weighted by atomic mass is 79.9. The van der Waals surface area contributed by atoms with Gasteiger partial charge in [0.25, 0.3) is 0 Å². The molecule has 0 aliphatic heterocycles. The molecule has 0 bridgehead atoms. The van der Waals surface area contributed by atoms with Crippen molar-refractivity contribution in [3.63, 3.8) is 0 Å². The van der Waals surface area contributed by atoms with E-state index in [9.17, 15) is 0 Å². The van der Waals surface area contributed by atoms with Gasteiger partial charge in [-0.05, 0) is 41.4 Å². The molecule has 0 saturated carbocycles. The van der Waals surface area contributed by atoms with E-state index in [1.807, 2.05) is 11.3 Å². The Morgan fingerprint density at radius 2 is 2.06 bits per heavy atom. The number of hydrogen-bond donors (Lipinski definition) is 1. The minimum absolute atomic E-state index is 0.297. The molecule has 0 aromatic carbocycles. The lowest BCUT2D eigenvalue weighted by Crippen LogP contribution is -2.36. The van der Waals surface area contributed by atoms with Gasteiger partial charge in [-0.2, -0.15) is 0 Å². The summed E-state index contributed by atoms with van der Waals surface area (Å²) >= 11 is 5.41. The summed E-state index contributed by atoms with van der Waals surface area (Å²) in [4.78, 5) is 5.03. The van der Waals surface area contributed by atoms with E-state index in [-0.39, 0.29) is 0 Å². The topological polar surface area (TPSA) is 29.3 Å². The van der Waals surface area contributed by atoms with Crippen LogP contribution in [0.3, 0.4) is 0 Å². The molecule has 1 aromatic heterocycles. The van der Waals surface area contributed by atoms with Gasteiger partial charge in [0, 0.05) is 27.3 Å². The molecule has 1 rings (SSSR count). The van der Waals surface area contributed by atoms with Gasteiger partial charge in [-0.15, -0.1) is 11.3 Å². The van der Waals surface area contributed by atoms with Crippen molar-refractivity contribution in [2.75, 3.05) is 20.1 Å². The molecule has 0 aliphatic rings. The Bertz CT molecular complexity index is 348. The molecule has 0 aliphatic carbocycles. The number of rotatable bonds is 4. The zero-order valence-corrected chi connectivity index (χ0v) is 13.8. The maximum atomic E-state index is 5.93. The molecule has 1 unspecified atom stereocenters. The lowest BCUT2D eigenvalue weighted by molar-refractivity contribution is 0.178. The number of halogens is 1. The number of hydrogen-bond acceptors (Lipinski definition) is 3. The Labute approximate surface area is 117 Å². The van der Waals surface area contributed by atoms with Crippen LogP contribution in [0.4, 0.5) is 0 Å². The molecule has 4 heteroatoms. The van der Waals surface area contributed by atoms with Crippen LogP contribution < -0.4 is 5.73 Å². The molecular weight excluding hydrogens is 296 g/mol. The van der Waals surface area contributed by atoms with E-state index in [2.05, 4.69) is 61.6 Å². The number of nitrogens with zero attached hydrogens (tertiary/aromatic N) is 1. The zero-order valence-electron chi connectivity index (χ0n) is 11.4. The standard InChI is InChI=1S/C13H23BrN2S/c1-9-10(14)6-12(17-9)11(7-15)16(5)8-13(2,3)4/h6,11H,7-8,15H2,1-5H3. The van der Waals surface area contributed by atoms with Crippen LogP contribution in [0.2, 0.25) is 0 Å². The van der Waals surface area contributed by atoms with Crippen molar-refractivity contribution in [1.29, 1.82) is 0 Å². The summed E-state index contributed by atoms with van der Waals surface area (Å²) in [6.45, 7) is 10.6. The van der Waals surface area contributed by atoms with Crippen molar-refractivity contribution in [3.8, 4) is 0 Å². The maximum Gasteiger partial charge on any atom is 0.0562 e. The summed E-state index contributed by atoms with van der Waals surface area (Å²) in [5.41, 5.74) is 6.23. The van der Waals surface area contributed by atoms with Crippen molar-refractivity contribution < 1.29 is 0 Å². The van der Waals surface area contributed by atoms with Gasteiger partial charge in [-0.3, -0.25) is 4.90 Å². The van der Waals surface area contributed by atoms with E-state index >= 15 is 0 Å². The maximum absolute atomic E-state index is 5.93. The molecule has 0 radical (unpaired) electrons. The molecule has 2 N–H and O–H groups in total. The number of aryl methyl sites for hydroxylation is 1. The fourth-order valence-corrected chi connectivity index (χ4v) is 3.76. The van der Waals surface area contributed by atoms with Crippen molar-refractivity contribution in [2.45, 2.75) is 33.7 Å². The first-order valence-electron chi connectivity index (χ1n) is 5.90. The Hall–Kier alpha value is 0.100. The van der Waals surface area contributed by atoms with Gasteiger partial charge in [0.2, 0.25) is 0 Å². The SMILES string of the molecule is Cc1sc(C(CN)N(C)CC(C)(C)C)cc1Br. The van der Waals surface area contributed by atoms with E-state index in [1.54, 1.807) is 0 Å². The Kier molecular flexibility index (Phi) is 5.20. The fraction of sp³-hybridized carbons (Fsp3) is 0.692. The largest absolute Gasteiger partial charge is 0.329 e. The molecule has 2 nitrogen and oxygen atoms in total. The lowest BCUT2D eigenvalue weighted by atomic mass is 9.95. The summed E-state index contributed by atoms with van der Waals surface area (Å²) in [5, 5.41) is 0. The van der Waals surface area contributed by atoms with E-state index in [4.69, 9.17) is 5.73 Å². The summed E-state index contributed by atoms with van der Waals surface area (Å²) in [6.07, 6.45) is 0. The van der Waals surface area contributed by atoms with Gasteiger partial charge < -0.3 is 5.73 Å². The molecule has 98 valence electrons. The highest BCUT2D eigenvalue weighted by Crippen LogP contribution is 2.33. The van der Waals surface area contributed by atoms with Crippen LogP contribution in [-0.2, 0) is 0 Å². The highest BCUT2D eigenvalue weighted by Gasteiger charge is 2.22. The van der Waals surface area contributed by atoms with Gasteiger partial charge in [0.05, 0.1) is 6.04 Å². The summed E-state index contributed by atoms with van der Waals surface area (Å²) < 4.78 is 1.19.